The van der Waals surface area contributed by atoms with Crippen LogP contribution in [0.25, 0.3) is 5.69 Å². The third-order valence-corrected chi connectivity index (χ3v) is 3.12. The lowest BCUT2D eigenvalue weighted by Crippen LogP contribution is -2.04. The van der Waals surface area contributed by atoms with E-state index in [-0.39, 0.29) is 11.3 Å². The van der Waals surface area contributed by atoms with Gasteiger partial charge in [0.2, 0.25) is 0 Å². The zero-order chi connectivity index (χ0) is 15.0. The molecule has 1 heterocycles. The second kappa shape index (κ2) is 4.76. The van der Waals surface area contributed by atoms with E-state index in [2.05, 4.69) is 5.10 Å². The molecular weight excluding hydrogens is 262 g/mol. The highest BCUT2D eigenvalue weighted by Crippen LogP contribution is 2.23. The average molecular weight is 275 g/mol. The van der Waals surface area contributed by atoms with Crippen molar-refractivity contribution in [2.75, 3.05) is 0 Å². The van der Waals surface area contributed by atoms with Crippen LogP contribution in [-0.4, -0.2) is 25.8 Å². The maximum absolute atomic E-state index is 11.2. The van der Waals surface area contributed by atoms with Crippen molar-refractivity contribution in [2.24, 2.45) is 0 Å². The largest absolute Gasteiger partial charge is 0.478 e. The van der Waals surface area contributed by atoms with E-state index in [0.717, 1.165) is 0 Å². The smallest absolute Gasteiger partial charge is 0.339 e. The van der Waals surface area contributed by atoms with Crippen LogP contribution >= 0.6 is 0 Å². The quantitative estimate of drug-likeness (QED) is 0.685. The Morgan fingerprint density at radius 3 is 2.45 bits per heavy atom. The zero-order valence-corrected chi connectivity index (χ0v) is 11.2. The van der Waals surface area contributed by atoms with Crippen molar-refractivity contribution >= 4 is 11.7 Å². The lowest BCUT2D eigenvalue weighted by molar-refractivity contribution is -0.384. The number of non-ortho nitro benzene ring substituents is 1. The van der Waals surface area contributed by atoms with Crippen molar-refractivity contribution in [3.8, 4) is 5.69 Å². The van der Waals surface area contributed by atoms with Crippen molar-refractivity contribution < 1.29 is 14.8 Å². The lowest BCUT2D eigenvalue weighted by Gasteiger charge is -2.08. The summed E-state index contributed by atoms with van der Waals surface area (Å²) in [4.78, 5) is 21.4. The van der Waals surface area contributed by atoms with Gasteiger partial charge in [-0.15, -0.1) is 0 Å². The van der Waals surface area contributed by atoms with E-state index < -0.39 is 10.9 Å². The van der Waals surface area contributed by atoms with Crippen LogP contribution in [0.15, 0.2) is 18.2 Å². The molecule has 1 aromatic heterocycles. The summed E-state index contributed by atoms with van der Waals surface area (Å²) in [6.07, 6.45) is 0. The molecule has 20 heavy (non-hydrogen) atoms. The molecule has 1 aromatic carbocycles. The van der Waals surface area contributed by atoms with Crippen LogP contribution in [0.1, 0.15) is 27.3 Å². The topological polar surface area (TPSA) is 98.3 Å². The van der Waals surface area contributed by atoms with Crippen LogP contribution in [0.4, 0.5) is 5.69 Å². The maximum Gasteiger partial charge on any atom is 0.339 e. The van der Waals surface area contributed by atoms with Gasteiger partial charge in [-0.3, -0.25) is 10.1 Å². The second-order valence-corrected chi connectivity index (χ2v) is 4.49. The highest BCUT2D eigenvalue weighted by molar-refractivity contribution is 5.90. The molecule has 0 unspecified atom stereocenters. The molecule has 0 aliphatic carbocycles. The van der Waals surface area contributed by atoms with Gasteiger partial charge in [0, 0.05) is 12.1 Å². The SMILES string of the molecule is Cc1cc([N+](=O)[O-])ccc1-n1nc(C)c(C(=O)O)c1C. The van der Waals surface area contributed by atoms with Crippen molar-refractivity contribution in [1.29, 1.82) is 0 Å². The highest BCUT2D eigenvalue weighted by Gasteiger charge is 2.20. The number of aryl methyl sites for hydroxylation is 2. The Hall–Kier alpha value is -2.70. The Morgan fingerprint density at radius 2 is 2.00 bits per heavy atom. The Balaban J connectivity index is 2.61. The van der Waals surface area contributed by atoms with E-state index in [0.29, 0.717) is 22.6 Å². The molecule has 0 atom stereocenters. The first-order valence-electron chi connectivity index (χ1n) is 5.88. The first-order chi connectivity index (χ1) is 9.32. The molecule has 2 aromatic rings. The van der Waals surface area contributed by atoms with Crippen molar-refractivity contribution in [3.63, 3.8) is 0 Å². The zero-order valence-electron chi connectivity index (χ0n) is 11.2. The molecule has 0 aliphatic heterocycles. The average Bonchev–Trinajstić information content (AvgIpc) is 2.64. The number of nitrogens with zero attached hydrogens (tertiary/aromatic N) is 3. The summed E-state index contributed by atoms with van der Waals surface area (Å²) in [6.45, 7) is 5.00. The maximum atomic E-state index is 11.2. The predicted octanol–water partition coefficient (Wildman–Crippen LogP) is 2.40. The summed E-state index contributed by atoms with van der Waals surface area (Å²) >= 11 is 0. The minimum Gasteiger partial charge on any atom is -0.478 e. The Labute approximate surface area is 114 Å². The molecule has 0 amide bonds. The predicted molar refractivity (Wildman–Crippen MR) is 71.4 cm³/mol. The van der Waals surface area contributed by atoms with E-state index >= 15 is 0 Å². The molecule has 1 N–H and O–H groups in total. The summed E-state index contributed by atoms with van der Waals surface area (Å²) in [6, 6.07) is 4.38. The number of rotatable bonds is 3. The van der Waals surface area contributed by atoms with Gasteiger partial charge < -0.3 is 5.11 Å². The lowest BCUT2D eigenvalue weighted by atomic mass is 10.1. The van der Waals surface area contributed by atoms with Crippen LogP contribution in [0, 0.1) is 30.9 Å². The monoisotopic (exact) mass is 275 g/mol. The number of hydrogen-bond donors (Lipinski definition) is 1. The molecule has 0 saturated heterocycles. The summed E-state index contributed by atoms with van der Waals surface area (Å²) in [5.74, 6) is -1.04. The van der Waals surface area contributed by atoms with Crippen molar-refractivity contribution in [1.82, 2.24) is 9.78 Å². The van der Waals surface area contributed by atoms with Crippen LogP contribution in [0.3, 0.4) is 0 Å². The normalized spacial score (nSPS) is 10.6. The van der Waals surface area contributed by atoms with Gasteiger partial charge in [-0.2, -0.15) is 5.10 Å². The van der Waals surface area contributed by atoms with E-state index in [1.807, 2.05) is 0 Å². The Kier molecular flexibility index (Phi) is 3.27. The van der Waals surface area contributed by atoms with Gasteiger partial charge in [0.15, 0.2) is 0 Å². The van der Waals surface area contributed by atoms with E-state index in [4.69, 9.17) is 5.11 Å². The number of carboxylic acid groups (broad SMARTS) is 1. The van der Waals surface area contributed by atoms with Gasteiger partial charge in [-0.1, -0.05) is 0 Å². The van der Waals surface area contributed by atoms with E-state index in [1.165, 1.54) is 16.8 Å². The molecule has 0 radical (unpaired) electrons. The van der Waals surface area contributed by atoms with Crippen molar-refractivity contribution in [2.45, 2.75) is 20.8 Å². The Morgan fingerprint density at radius 1 is 1.35 bits per heavy atom. The van der Waals surface area contributed by atoms with Gasteiger partial charge in [-0.25, -0.2) is 9.48 Å². The number of carboxylic acids is 1. The number of nitro groups is 1. The molecule has 0 bridgehead atoms. The fraction of sp³-hybridized carbons (Fsp3) is 0.231. The van der Waals surface area contributed by atoms with Crippen LogP contribution < -0.4 is 0 Å². The highest BCUT2D eigenvalue weighted by atomic mass is 16.6. The number of aromatic nitrogens is 2. The molecule has 0 spiro atoms. The van der Waals surface area contributed by atoms with Crippen LogP contribution in [-0.2, 0) is 0 Å². The second-order valence-electron chi connectivity index (χ2n) is 4.49. The number of benzene rings is 1. The summed E-state index contributed by atoms with van der Waals surface area (Å²) in [5.41, 5.74) is 2.33. The number of nitro benzene ring substituents is 1. The fourth-order valence-corrected chi connectivity index (χ4v) is 2.18. The first-order valence-corrected chi connectivity index (χ1v) is 5.88. The van der Waals surface area contributed by atoms with E-state index in [9.17, 15) is 14.9 Å². The molecule has 0 fully saturated rings. The van der Waals surface area contributed by atoms with Crippen molar-refractivity contribution in [3.05, 3.63) is 50.8 Å². The molecule has 7 nitrogen and oxygen atoms in total. The van der Waals surface area contributed by atoms with Gasteiger partial charge in [0.1, 0.15) is 5.56 Å². The third-order valence-electron chi connectivity index (χ3n) is 3.12. The van der Waals surface area contributed by atoms with Gasteiger partial charge in [0.05, 0.1) is 22.0 Å². The summed E-state index contributed by atoms with van der Waals surface area (Å²) < 4.78 is 1.50. The van der Waals surface area contributed by atoms with Crippen LogP contribution in [0.5, 0.6) is 0 Å². The first kappa shape index (κ1) is 13.7. The summed E-state index contributed by atoms with van der Waals surface area (Å²) in [5, 5.41) is 24.1. The molecule has 2 rings (SSSR count). The van der Waals surface area contributed by atoms with Gasteiger partial charge in [0.25, 0.3) is 5.69 Å². The summed E-state index contributed by atoms with van der Waals surface area (Å²) in [7, 11) is 0. The molecular formula is C13H13N3O4. The molecule has 0 aliphatic rings. The number of aromatic carboxylic acids is 1. The molecule has 7 heteroatoms. The number of carbonyl (C=O) groups is 1. The molecule has 104 valence electrons. The fourth-order valence-electron chi connectivity index (χ4n) is 2.18. The van der Waals surface area contributed by atoms with Gasteiger partial charge >= 0.3 is 5.97 Å². The number of hydrogen-bond acceptors (Lipinski definition) is 4. The Bertz CT molecular complexity index is 719. The van der Waals surface area contributed by atoms with E-state index in [1.54, 1.807) is 26.8 Å². The van der Waals surface area contributed by atoms with Crippen LogP contribution in [0.2, 0.25) is 0 Å². The minimum absolute atomic E-state index is 0.00811. The standard InChI is InChI=1S/C13H13N3O4/c1-7-6-10(16(19)20)4-5-11(7)15-9(3)12(13(17)18)8(2)14-15/h4-6H,1-3H3,(H,17,18). The van der Waals surface area contributed by atoms with Gasteiger partial charge in [-0.05, 0) is 32.4 Å². The molecule has 0 saturated carbocycles. The third kappa shape index (κ3) is 2.13. The minimum atomic E-state index is -1.04.